The molecule has 2 rings (SSSR count). The highest BCUT2D eigenvalue weighted by atomic mass is 16.5. The van der Waals surface area contributed by atoms with Crippen LogP contribution in [-0.2, 0) is 13.1 Å². The average Bonchev–Trinajstić information content (AvgIpc) is 2.88. The Hall–Kier alpha value is -2.90. The van der Waals surface area contributed by atoms with Gasteiger partial charge in [0.15, 0.2) is 0 Å². The smallest absolute Gasteiger partial charge is 0.317 e. The number of carbonyl (C=O) groups is 2. The number of amides is 3. The number of urea groups is 1. The molecule has 0 radical (unpaired) electrons. The number of carbonyl (C=O) groups excluding carboxylic acids is 2. The second-order valence-corrected chi connectivity index (χ2v) is 5.57. The van der Waals surface area contributed by atoms with Gasteiger partial charge in [0.2, 0.25) is 0 Å². The molecule has 0 aromatic carbocycles. The predicted octanol–water partition coefficient (Wildman–Crippen LogP) is 1.39. The summed E-state index contributed by atoms with van der Waals surface area (Å²) in [4.78, 5) is 29.4. The van der Waals surface area contributed by atoms with Crippen LogP contribution >= 0.6 is 0 Å². The quantitative estimate of drug-likeness (QED) is 0.862. The van der Waals surface area contributed by atoms with Crippen molar-refractivity contribution >= 4 is 11.9 Å². The van der Waals surface area contributed by atoms with E-state index >= 15 is 0 Å². The van der Waals surface area contributed by atoms with E-state index in [4.69, 9.17) is 4.52 Å². The van der Waals surface area contributed by atoms with E-state index in [0.29, 0.717) is 23.6 Å². The summed E-state index contributed by atoms with van der Waals surface area (Å²) in [7, 11) is 3.31. The summed E-state index contributed by atoms with van der Waals surface area (Å²) in [5.41, 5.74) is 2.71. The highest BCUT2D eigenvalue weighted by Gasteiger charge is 2.12. The fourth-order valence-electron chi connectivity index (χ4n) is 2.07. The van der Waals surface area contributed by atoms with E-state index in [1.165, 1.54) is 4.90 Å². The van der Waals surface area contributed by atoms with E-state index < -0.39 is 0 Å². The van der Waals surface area contributed by atoms with Crippen LogP contribution in [0.15, 0.2) is 22.9 Å². The lowest BCUT2D eigenvalue weighted by Gasteiger charge is -2.12. The van der Waals surface area contributed by atoms with E-state index in [-0.39, 0.29) is 18.5 Å². The maximum atomic E-state index is 12.3. The first kappa shape index (κ1) is 17.5. The van der Waals surface area contributed by atoms with Crippen LogP contribution in [-0.4, -0.2) is 41.1 Å². The first-order valence-corrected chi connectivity index (χ1v) is 7.48. The topological polar surface area (TPSA) is 100 Å². The Morgan fingerprint density at radius 2 is 1.96 bits per heavy atom. The third-order valence-corrected chi connectivity index (χ3v) is 3.51. The lowest BCUT2D eigenvalue weighted by Crippen LogP contribution is -2.34. The van der Waals surface area contributed by atoms with Gasteiger partial charge in [-0.3, -0.25) is 9.78 Å². The number of aromatic nitrogens is 2. The first-order chi connectivity index (χ1) is 11.4. The van der Waals surface area contributed by atoms with Crippen LogP contribution in [0.5, 0.6) is 0 Å². The number of pyridine rings is 1. The number of hydrogen-bond donors (Lipinski definition) is 2. The first-order valence-electron chi connectivity index (χ1n) is 7.48. The Labute approximate surface area is 140 Å². The van der Waals surface area contributed by atoms with Crippen molar-refractivity contribution in [3.05, 3.63) is 46.6 Å². The van der Waals surface area contributed by atoms with E-state index in [2.05, 4.69) is 20.8 Å². The van der Waals surface area contributed by atoms with Crippen molar-refractivity contribution in [2.24, 2.45) is 0 Å². The molecule has 2 aromatic heterocycles. The van der Waals surface area contributed by atoms with Gasteiger partial charge in [0.25, 0.3) is 5.91 Å². The van der Waals surface area contributed by atoms with Crippen molar-refractivity contribution in [1.82, 2.24) is 25.7 Å². The molecule has 0 bridgehead atoms. The van der Waals surface area contributed by atoms with Gasteiger partial charge in [-0.25, -0.2) is 4.79 Å². The van der Waals surface area contributed by atoms with Crippen LogP contribution in [0.25, 0.3) is 0 Å². The van der Waals surface area contributed by atoms with Gasteiger partial charge >= 0.3 is 6.03 Å². The van der Waals surface area contributed by atoms with Crippen LogP contribution in [0.4, 0.5) is 4.79 Å². The summed E-state index contributed by atoms with van der Waals surface area (Å²) in [6, 6.07) is 3.06. The van der Waals surface area contributed by atoms with Crippen LogP contribution in [0.2, 0.25) is 0 Å². The molecule has 0 aliphatic heterocycles. The molecule has 2 aromatic rings. The Bertz CT molecular complexity index is 720. The molecule has 3 amide bonds. The molecule has 0 aliphatic rings. The number of hydrogen-bond acceptors (Lipinski definition) is 5. The highest BCUT2D eigenvalue weighted by Crippen LogP contribution is 2.12. The summed E-state index contributed by atoms with van der Waals surface area (Å²) in [5, 5.41) is 9.39. The fraction of sp³-hybridized carbons (Fsp3) is 0.375. The monoisotopic (exact) mass is 331 g/mol. The summed E-state index contributed by atoms with van der Waals surface area (Å²) >= 11 is 0. The van der Waals surface area contributed by atoms with E-state index in [9.17, 15) is 9.59 Å². The molecule has 8 nitrogen and oxygen atoms in total. The summed E-state index contributed by atoms with van der Waals surface area (Å²) < 4.78 is 5.07. The molecule has 0 saturated heterocycles. The van der Waals surface area contributed by atoms with E-state index in [1.807, 2.05) is 6.92 Å². The summed E-state index contributed by atoms with van der Waals surface area (Å²) in [6.07, 6.45) is 1.54. The zero-order valence-corrected chi connectivity index (χ0v) is 14.2. The van der Waals surface area contributed by atoms with Crippen molar-refractivity contribution in [2.75, 3.05) is 14.1 Å². The zero-order chi connectivity index (χ0) is 17.7. The van der Waals surface area contributed by atoms with Gasteiger partial charge in [0.05, 0.1) is 17.9 Å². The van der Waals surface area contributed by atoms with Gasteiger partial charge in [-0.15, -0.1) is 0 Å². The highest BCUT2D eigenvalue weighted by molar-refractivity contribution is 5.94. The number of nitrogens with zero attached hydrogens (tertiary/aromatic N) is 3. The maximum Gasteiger partial charge on any atom is 0.317 e. The largest absolute Gasteiger partial charge is 0.361 e. The third kappa shape index (κ3) is 4.31. The second kappa shape index (κ2) is 7.58. The molecule has 24 heavy (non-hydrogen) atoms. The van der Waals surface area contributed by atoms with E-state index in [0.717, 1.165) is 11.3 Å². The predicted molar refractivity (Wildman–Crippen MR) is 87.3 cm³/mol. The lowest BCUT2D eigenvalue weighted by atomic mass is 10.2. The zero-order valence-electron chi connectivity index (χ0n) is 14.2. The minimum absolute atomic E-state index is 0.218. The normalized spacial score (nSPS) is 10.3. The van der Waals surface area contributed by atoms with Crippen molar-refractivity contribution in [2.45, 2.75) is 26.9 Å². The van der Waals surface area contributed by atoms with Crippen LogP contribution < -0.4 is 10.6 Å². The van der Waals surface area contributed by atoms with Gasteiger partial charge in [-0.05, 0) is 26.0 Å². The maximum absolute atomic E-state index is 12.3. The molecule has 2 N–H and O–H groups in total. The molecule has 128 valence electrons. The molecule has 0 atom stereocenters. The minimum atomic E-state index is -0.224. The number of aryl methyl sites for hydroxylation is 2. The van der Waals surface area contributed by atoms with E-state index in [1.54, 1.807) is 39.3 Å². The molecule has 0 spiro atoms. The Balaban J connectivity index is 1.97. The third-order valence-electron chi connectivity index (χ3n) is 3.51. The Morgan fingerprint density at radius 3 is 2.58 bits per heavy atom. The molecule has 0 saturated carbocycles. The fourth-order valence-corrected chi connectivity index (χ4v) is 2.07. The number of rotatable bonds is 5. The van der Waals surface area contributed by atoms with Crippen LogP contribution in [0.3, 0.4) is 0 Å². The van der Waals surface area contributed by atoms with Crippen molar-refractivity contribution in [3.63, 3.8) is 0 Å². The van der Waals surface area contributed by atoms with Gasteiger partial charge in [-0.1, -0.05) is 5.16 Å². The second-order valence-electron chi connectivity index (χ2n) is 5.57. The molecule has 0 aliphatic carbocycles. The molecule has 0 fully saturated rings. The SMILES string of the molecule is Cc1noc(C)c1CNC(=O)c1ccnc(CNC(=O)N(C)C)c1. The lowest BCUT2D eigenvalue weighted by molar-refractivity contribution is 0.0950. The molecular weight excluding hydrogens is 310 g/mol. The van der Waals surface area contributed by atoms with Crippen molar-refractivity contribution < 1.29 is 14.1 Å². The minimum Gasteiger partial charge on any atom is -0.361 e. The average molecular weight is 331 g/mol. The van der Waals surface area contributed by atoms with Crippen molar-refractivity contribution in [1.29, 1.82) is 0 Å². The van der Waals surface area contributed by atoms with Crippen molar-refractivity contribution in [3.8, 4) is 0 Å². The van der Waals surface area contributed by atoms with Gasteiger partial charge in [0, 0.05) is 38.0 Å². The van der Waals surface area contributed by atoms with Crippen LogP contribution in [0, 0.1) is 13.8 Å². The van der Waals surface area contributed by atoms with Gasteiger partial charge < -0.3 is 20.1 Å². The summed E-state index contributed by atoms with van der Waals surface area (Å²) in [6.45, 7) is 4.23. The van der Waals surface area contributed by atoms with Crippen LogP contribution in [0.1, 0.15) is 33.1 Å². The standard InChI is InChI=1S/C16H21N5O3/c1-10-14(11(2)24-20-10)9-18-15(22)12-5-6-17-13(7-12)8-19-16(23)21(3)4/h5-7H,8-9H2,1-4H3,(H,18,22)(H,19,23). The Morgan fingerprint density at radius 1 is 1.21 bits per heavy atom. The van der Waals surface area contributed by atoms with Gasteiger partial charge in [0.1, 0.15) is 5.76 Å². The molecule has 2 heterocycles. The van der Waals surface area contributed by atoms with Gasteiger partial charge in [-0.2, -0.15) is 0 Å². The number of nitrogens with one attached hydrogen (secondary N) is 2. The summed E-state index contributed by atoms with van der Waals surface area (Å²) in [5.74, 6) is 0.465. The Kier molecular flexibility index (Phi) is 5.51. The molecule has 8 heteroatoms. The molecular formula is C16H21N5O3. The molecule has 0 unspecified atom stereocenters.